The molecule has 0 saturated carbocycles. The van der Waals surface area contributed by atoms with Gasteiger partial charge in [-0.1, -0.05) is 13.8 Å². The van der Waals surface area contributed by atoms with Crippen LogP contribution in [0.25, 0.3) is 0 Å². The van der Waals surface area contributed by atoms with E-state index >= 15 is 0 Å². The standard InChI is InChI=1S/C13H21NOS/c1-4-11(10-14-5-2)15-12-6-8-13(16-3)9-7-12/h6-9,11,14H,4-5,10H2,1-3H3. The van der Waals surface area contributed by atoms with E-state index in [2.05, 4.69) is 37.6 Å². The Morgan fingerprint density at radius 3 is 2.44 bits per heavy atom. The van der Waals surface area contributed by atoms with Crippen LogP contribution in [0.3, 0.4) is 0 Å². The molecule has 0 aliphatic heterocycles. The van der Waals surface area contributed by atoms with Crippen LogP contribution in [0.5, 0.6) is 5.75 Å². The SMILES string of the molecule is CCNCC(CC)Oc1ccc(SC)cc1. The van der Waals surface area contributed by atoms with Crippen LogP contribution < -0.4 is 10.1 Å². The van der Waals surface area contributed by atoms with E-state index in [0.717, 1.165) is 25.3 Å². The van der Waals surface area contributed by atoms with Crippen molar-refractivity contribution in [1.29, 1.82) is 0 Å². The van der Waals surface area contributed by atoms with Gasteiger partial charge in [-0.25, -0.2) is 0 Å². The second-order valence-electron chi connectivity index (χ2n) is 3.63. The number of ether oxygens (including phenoxy) is 1. The molecule has 0 aliphatic carbocycles. The average molecular weight is 239 g/mol. The van der Waals surface area contributed by atoms with Gasteiger partial charge in [-0.2, -0.15) is 0 Å². The minimum atomic E-state index is 0.264. The van der Waals surface area contributed by atoms with E-state index in [0.29, 0.717) is 0 Å². The van der Waals surface area contributed by atoms with E-state index < -0.39 is 0 Å². The topological polar surface area (TPSA) is 21.3 Å². The molecule has 3 heteroatoms. The van der Waals surface area contributed by atoms with Gasteiger partial charge in [-0.05, 0) is 43.5 Å². The fraction of sp³-hybridized carbons (Fsp3) is 0.538. The van der Waals surface area contributed by atoms with Crippen molar-refractivity contribution >= 4 is 11.8 Å². The summed E-state index contributed by atoms with van der Waals surface area (Å²) in [4.78, 5) is 1.27. The van der Waals surface area contributed by atoms with Gasteiger partial charge in [0.15, 0.2) is 0 Å². The lowest BCUT2D eigenvalue weighted by molar-refractivity contribution is 0.194. The Morgan fingerprint density at radius 2 is 1.94 bits per heavy atom. The fourth-order valence-electron chi connectivity index (χ4n) is 1.42. The van der Waals surface area contributed by atoms with Crippen LogP contribution in [-0.4, -0.2) is 25.4 Å². The molecule has 0 amide bonds. The zero-order chi connectivity index (χ0) is 11.8. The molecule has 0 aromatic heterocycles. The number of benzene rings is 1. The van der Waals surface area contributed by atoms with Gasteiger partial charge in [0.25, 0.3) is 0 Å². The van der Waals surface area contributed by atoms with Gasteiger partial charge in [-0.3, -0.25) is 0 Å². The van der Waals surface area contributed by atoms with Crippen molar-refractivity contribution in [2.24, 2.45) is 0 Å². The summed E-state index contributed by atoms with van der Waals surface area (Å²) in [5, 5.41) is 3.31. The highest BCUT2D eigenvalue weighted by Crippen LogP contribution is 2.20. The van der Waals surface area contributed by atoms with Crippen molar-refractivity contribution in [3.8, 4) is 5.75 Å². The number of nitrogens with one attached hydrogen (secondary N) is 1. The minimum Gasteiger partial charge on any atom is -0.489 e. The molecule has 0 heterocycles. The summed E-state index contributed by atoms with van der Waals surface area (Å²) in [6.45, 7) is 6.17. The summed E-state index contributed by atoms with van der Waals surface area (Å²) in [7, 11) is 0. The monoisotopic (exact) mass is 239 g/mol. The molecule has 2 nitrogen and oxygen atoms in total. The molecular weight excluding hydrogens is 218 g/mol. The van der Waals surface area contributed by atoms with Crippen molar-refractivity contribution < 1.29 is 4.74 Å². The van der Waals surface area contributed by atoms with Crippen LogP contribution in [-0.2, 0) is 0 Å². The second-order valence-corrected chi connectivity index (χ2v) is 4.51. The predicted octanol–water partition coefficient (Wildman–Crippen LogP) is 3.18. The number of likely N-dealkylation sites (N-methyl/N-ethyl adjacent to an activating group) is 1. The van der Waals surface area contributed by atoms with Crippen molar-refractivity contribution in [3.05, 3.63) is 24.3 Å². The number of thioether (sulfide) groups is 1. The molecule has 1 N–H and O–H groups in total. The largest absolute Gasteiger partial charge is 0.489 e. The predicted molar refractivity (Wildman–Crippen MR) is 71.5 cm³/mol. The van der Waals surface area contributed by atoms with Gasteiger partial charge in [0.1, 0.15) is 11.9 Å². The highest BCUT2D eigenvalue weighted by molar-refractivity contribution is 7.98. The molecule has 0 fully saturated rings. The van der Waals surface area contributed by atoms with Gasteiger partial charge in [0.05, 0.1) is 0 Å². The molecule has 0 radical (unpaired) electrons. The van der Waals surface area contributed by atoms with Crippen LogP contribution in [0.15, 0.2) is 29.2 Å². The van der Waals surface area contributed by atoms with E-state index in [1.807, 2.05) is 12.1 Å². The summed E-state index contributed by atoms with van der Waals surface area (Å²) in [6, 6.07) is 8.28. The molecule has 1 rings (SSSR count). The summed E-state index contributed by atoms with van der Waals surface area (Å²) >= 11 is 1.75. The van der Waals surface area contributed by atoms with Gasteiger partial charge < -0.3 is 10.1 Å². The van der Waals surface area contributed by atoms with Gasteiger partial charge in [-0.15, -0.1) is 11.8 Å². The Hall–Kier alpha value is -0.670. The maximum absolute atomic E-state index is 5.89. The van der Waals surface area contributed by atoms with E-state index in [1.54, 1.807) is 11.8 Å². The summed E-state index contributed by atoms with van der Waals surface area (Å²) < 4.78 is 5.89. The summed E-state index contributed by atoms with van der Waals surface area (Å²) in [5.41, 5.74) is 0. The lowest BCUT2D eigenvalue weighted by atomic mass is 10.2. The van der Waals surface area contributed by atoms with E-state index in [4.69, 9.17) is 4.74 Å². The molecule has 0 saturated heterocycles. The third kappa shape index (κ3) is 4.45. The Labute approximate surface area is 103 Å². The second kappa shape index (κ2) is 7.58. The maximum Gasteiger partial charge on any atom is 0.119 e. The van der Waals surface area contributed by atoms with Gasteiger partial charge in [0.2, 0.25) is 0 Å². The van der Waals surface area contributed by atoms with E-state index in [1.165, 1.54) is 4.90 Å². The molecule has 90 valence electrons. The highest BCUT2D eigenvalue weighted by atomic mass is 32.2. The maximum atomic E-state index is 5.89. The molecule has 0 spiro atoms. The van der Waals surface area contributed by atoms with Crippen molar-refractivity contribution in [1.82, 2.24) is 5.32 Å². The lowest BCUT2D eigenvalue weighted by Crippen LogP contribution is -2.30. The molecule has 1 atom stereocenters. The lowest BCUT2D eigenvalue weighted by Gasteiger charge is -2.17. The first kappa shape index (κ1) is 13.4. The zero-order valence-electron chi connectivity index (χ0n) is 10.3. The zero-order valence-corrected chi connectivity index (χ0v) is 11.1. The molecule has 16 heavy (non-hydrogen) atoms. The number of rotatable bonds is 7. The normalized spacial score (nSPS) is 12.4. The van der Waals surface area contributed by atoms with Crippen LogP contribution in [0.1, 0.15) is 20.3 Å². The third-order valence-corrected chi connectivity index (χ3v) is 3.18. The Morgan fingerprint density at radius 1 is 1.25 bits per heavy atom. The fourth-order valence-corrected chi connectivity index (χ4v) is 1.83. The minimum absolute atomic E-state index is 0.264. The van der Waals surface area contributed by atoms with Crippen LogP contribution >= 0.6 is 11.8 Å². The highest BCUT2D eigenvalue weighted by Gasteiger charge is 2.06. The molecule has 0 bridgehead atoms. The first-order chi connectivity index (χ1) is 7.80. The Kier molecular flexibility index (Phi) is 6.34. The average Bonchev–Trinajstić information content (AvgIpc) is 2.35. The molecule has 1 unspecified atom stereocenters. The van der Waals surface area contributed by atoms with Crippen LogP contribution in [0.2, 0.25) is 0 Å². The van der Waals surface area contributed by atoms with Crippen LogP contribution in [0.4, 0.5) is 0 Å². The van der Waals surface area contributed by atoms with Crippen LogP contribution in [0, 0.1) is 0 Å². The van der Waals surface area contributed by atoms with Gasteiger partial charge >= 0.3 is 0 Å². The molecule has 0 aliphatic rings. The summed E-state index contributed by atoms with van der Waals surface area (Å²) in [6.07, 6.45) is 3.37. The molecule has 1 aromatic rings. The quantitative estimate of drug-likeness (QED) is 0.738. The third-order valence-electron chi connectivity index (χ3n) is 2.44. The van der Waals surface area contributed by atoms with Crippen molar-refractivity contribution in [3.63, 3.8) is 0 Å². The van der Waals surface area contributed by atoms with E-state index in [-0.39, 0.29) is 6.10 Å². The Bertz CT molecular complexity index is 286. The Balaban J connectivity index is 2.49. The smallest absolute Gasteiger partial charge is 0.119 e. The number of hydrogen-bond donors (Lipinski definition) is 1. The molecule has 1 aromatic carbocycles. The first-order valence-corrected chi connectivity index (χ1v) is 7.04. The van der Waals surface area contributed by atoms with Crippen molar-refractivity contribution in [2.75, 3.05) is 19.3 Å². The molecular formula is C13H21NOS. The number of hydrogen-bond acceptors (Lipinski definition) is 3. The van der Waals surface area contributed by atoms with Gasteiger partial charge in [0, 0.05) is 11.4 Å². The van der Waals surface area contributed by atoms with Crippen molar-refractivity contribution in [2.45, 2.75) is 31.3 Å². The van der Waals surface area contributed by atoms with E-state index in [9.17, 15) is 0 Å². The summed E-state index contributed by atoms with van der Waals surface area (Å²) in [5.74, 6) is 0.961. The first-order valence-electron chi connectivity index (χ1n) is 5.81.